The number of hydrogen-bond donors (Lipinski definition) is 2. The molecule has 0 radical (unpaired) electrons. The first-order valence-electron chi connectivity index (χ1n) is 8.54. The molecule has 0 bridgehead atoms. The van der Waals surface area contributed by atoms with Crippen LogP contribution in [-0.2, 0) is 5.60 Å². The van der Waals surface area contributed by atoms with Crippen LogP contribution in [0.25, 0.3) is 17.0 Å². The van der Waals surface area contributed by atoms with Crippen LogP contribution in [0.2, 0.25) is 5.02 Å². The number of benzene rings is 2. The number of aromatic nitrogens is 4. The van der Waals surface area contributed by atoms with Crippen LogP contribution in [0, 0.1) is 0 Å². The van der Waals surface area contributed by atoms with E-state index in [1.54, 1.807) is 17.5 Å². The largest absolute Gasteiger partial charge is 0.384 e. The fraction of sp³-hybridized carbons (Fsp3) is 0.150. The number of halogens is 1. The summed E-state index contributed by atoms with van der Waals surface area (Å²) >= 11 is 6.22. The number of hydrogen-bond acceptors (Lipinski definition) is 5. The molecule has 0 aliphatic rings. The Morgan fingerprint density at radius 3 is 2.52 bits per heavy atom. The minimum atomic E-state index is -1.15. The van der Waals surface area contributed by atoms with E-state index in [0.29, 0.717) is 27.9 Å². The van der Waals surface area contributed by atoms with Gasteiger partial charge >= 0.3 is 0 Å². The summed E-state index contributed by atoms with van der Waals surface area (Å²) in [5.41, 5.74) is 1.09. The van der Waals surface area contributed by atoms with Gasteiger partial charge in [-0.2, -0.15) is 4.52 Å². The lowest BCUT2D eigenvalue weighted by Gasteiger charge is -2.25. The molecular weight excluding hydrogens is 362 g/mol. The smallest absolute Gasteiger partial charge is 0.185 e. The van der Waals surface area contributed by atoms with Crippen LogP contribution in [0.3, 0.4) is 0 Å². The molecule has 2 heterocycles. The second-order valence-electron chi connectivity index (χ2n) is 6.49. The molecule has 1 unspecified atom stereocenters. The number of nitrogens with one attached hydrogen (secondary N) is 1. The van der Waals surface area contributed by atoms with E-state index in [0.717, 1.165) is 5.56 Å². The van der Waals surface area contributed by atoms with Gasteiger partial charge in [-0.05, 0) is 25.1 Å². The number of nitrogens with zero attached hydrogens (tertiary/aromatic N) is 4. The molecule has 0 aliphatic carbocycles. The fourth-order valence-electron chi connectivity index (χ4n) is 2.91. The normalized spacial score (nSPS) is 13.4. The maximum Gasteiger partial charge on any atom is 0.185 e. The van der Waals surface area contributed by atoms with Gasteiger partial charge < -0.3 is 10.4 Å². The molecule has 0 saturated carbocycles. The predicted octanol–water partition coefficient (Wildman–Crippen LogP) is 3.76. The Morgan fingerprint density at radius 2 is 1.74 bits per heavy atom. The van der Waals surface area contributed by atoms with Gasteiger partial charge in [0.05, 0.1) is 0 Å². The van der Waals surface area contributed by atoms with Crippen molar-refractivity contribution in [2.75, 3.05) is 11.9 Å². The average Bonchev–Trinajstić information content (AvgIpc) is 3.10. The quantitative estimate of drug-likeness (QED) is 0.552. The first kappa shape index (κ1) is 17.5. The number of rotatable bonds is 5. The van der Waals surface area contributed by atoms with Crippen LogP contribution in [0.15, 0.2) is 66.7 Å². The molecule has 2 aromatic heterocycles. The standard InChI is InChI=1S/C20H18ClN5O/c1-20(27,15-9-5-6-10-16(15)21)13-22-17-11-12-18-23-24-19(26(18)25-17)14-7-3-2-4-8-14/h2-12,27H,13H2,1H3,(H,22,25). The molecule has 1 atom stereocenters. The molecule has 4 aromatic rings. The van der Waals surface area contributed by atoms with E-state index in [-0.39, 0.29) is 6.54 Å². The second kappa shape index (κ2) is 6.98. The third-order valence-corrected chi connectivity index (χ3v) is 4.69. The first-order valence-corrected chi connectivity index (χ1v) is 8.91. The van der Waals surface area contributed by atoms with Crippen LogP contribution in [-0.4, -0.2) is 31.5 Å². The third kappa shape index (κ3) is 3.49. The van der Waals surface area contributed by atoms with E-state index in [9.17, 15) is 5.11 Å². The first-order chi connectivity index (χ1) is 13.0. The summed E-state index contributed by atoms with van der Waals surface area (Å²) in [6.07, 6.45) is 0. The predicted molar refractivity (Wildman–Crippen MR) is 106 cm³/mol. The molecule has 0 saturated heterocycles. The lowest BCUT2D eigenvalue weighted by molar-refractivity contribution is 0.0715. The van der Waals surface area contributed by atoms with Crippen molar-refractivity contribution >= 4 is 23.1 Å². The molecular formula is C20H18ClN5O. The SMILES string of the molecule is CC(O)(CNc1ccc2nnc(-c3ccccc3)n2n1)c1ccccc1Cl. The van der Waals surface area contributed by atoms with Gasteiger partial charge in [0.1, 0.15) is 11.4 Å². The Kier molecular flexibility index (Phi) is 4.51. The van der Waals surface area contributed by atoms with Crippen molar-refractivity contribution in [2.24, 2.45) is 0 Å². The highest BCUT2D eigenvalue weighted by Crippen LogP contribution is 2.28. The highest BCUT2D eigenvalue weighted by atomic mass is 35.5. The highest BCUT2D eigenvalue weighted by molar-refractivity contribution is 6.31. The molecule has 6 nitrogen and oxygen atoms in total. The van der Waals surface area contributed by atoms with Crippen LogP contribution in [0.4, 0.5) is 5.82 Å². The summed E-state index contributed by atoms with van der Waals surface area (Å²) in [7, 11) is 0. The maximum atomic E-state index is 10.8. The number of anilines is 1. The minimum Gasteiger partial charge on any atom is -0.384 e. The molecule has 0 aliphatic heterocycles. The van der Waals surface area contributed by atoms with E-state index in [1.165, 1.54) is 0 Å². The van der Waals surface area contributed by atoms with Crippen molar-refractivity contribution in [1.29, 1.82) is 0 Å². The molecule has 136 valence electrons. The van der Waals surface area contributed by atoms with Gasteiger partial charge in [0.25, 0.3) is 0 Å². The summed E-state index contributed by atoms with van der Waals surface area (Å²) in [6, 6.07) is 20.7. The summed E-state index contributed by atoms with van der Waals surface area (Å²) in [6.45, 7) is 1.96. The van der Waals surface area contributed by atoms with E-state index in [4.69, 9.17) is 11.6 Å². The van der Waals surface area contributed by atoms with Gasteiger partial charge in [-0.25, -0.2) is 0 Å². The molecule has 2 aromatic carbocycles. The van der Waals surface area contributed by atoms with E-state index in [2.05, 4.69) is 20.6 Å². The zero-order valence-electron chi connectivity index (χ0n) is 14.7. The molecule has 0 amide bonds. The van der Waals surface area contributed by atoms with Gasteiger partial charge in [0, 0.05) is 22.7 Å². The highest BCUT2D eigenvalue weighted by Gasteiger charge is 2.25. The Balaban J connectivity index is 1.60. The zero-order valence-corrected chi connectivity index (χ0v) is 15.4. The molecule has 4 rings (SSSR count). The van der Waals surface area contributed by atoms with Crippen molar-refractivity contribution in [3.05, 3.63) is 77.3 Å². The van der Waals surface area contributed by atoms with Gasteiger partial charge in [-0.1, -0.05) is 60.1 Å². The van der Waals surface area contributed by atoms with Gasteiger partial charge in [-0.15, -0.1) is 15.3 Å². The van der Waals surface area contributed by atoms with E-state index < -0.39 is 5.60 Å². The zero-order chi connectivity index (χ0) is 18.9. The average molecular weight is 380 g/mol. The van der Waals surface area contributed by atoms with Crippen LogP contribution in [0.1, 0.15) is 12.5 Å². The summed E-state index contributed by atoms with van der Waals surface area (Å²) in [5.74, 6) is 1.26. The van der Waals surface area contributed by atoms with E-state index >= 15 is 0 Å². The lowest BCUT2D eigenvalue weighted by atomic mass is 9.96. The summed E-state index contributed by atoms with van der Waals surface area (Å²) in [4.78, 5) is 0. The minimum absolute atomic E-state index is 0.248. The van der Waals surface area contributed by atoms with Crippen LogP contribution in [0.5, 0.6) is 0 Å². The Morgan fingerprint density at radius 1 is 1.00 bits per heavy atom. The van der Waals surface area contributed by atoms with Gasteiger partial charge in [0.15, 0.2) is 11.5 Å². The van der Waals surface area contributed by atoms with Gasteiger partial charge in [-0.3, -0.25) is 0 Å². The number of aliphatic hydroxyl groups is 1. The van der Waals surface area contributed by atoms with Crippen molar-refractivity contribution in [1.82, 2.24) is 19.8 Å². The monoisotopic (exact) mass is 379 g/mol. The van der Waals surface area contributed by atoms with Crippen molar-refractivity contribution in [3.8, 4) is 11.4 Å². The molecule has 27 heavy (non-hydrogen) atoms. The molecule has 7 heteroatoms. The topological polar surface area (TPSA) is 75.3 Å². The Bertz CT molecular complexity index is 1080. The molecule has 2 N–H and O–H groups in total. The fourth-order valence-corrected chi connectivity index (χ4v) is 3.25. The maximum absolute atomic E-state index is 10.8. The summed E-state index contributed by atoms with van der Waals surface area (Å²) in [5, 5.41) is 27.5. The molecule has 0 fully saturated rings. The van der Waals surface area contributed by atoms with Crippen LogP contribution < -0.4 is 5.32 Å². The van der Waals surface area contributed by atoms with E-state index in [1.807, 2.05) is 60.7 Å². The summed E-state index contributed by atoms with van der Waals surface area (Å²) < 4.78 is 1.68. The number of fused-ring (bicyclic) bond motifs is 1. The third-order valence-electron chi connectivity index (χ3n) is 4.36. The van der Waals surface area contributed by atoms with Gasteiger partial charge in [0.2, 0.25) is 0 Å². The lowest BCUT2D eigenvalue weighted by Crippen LogP contribution is -2.31. The van der Waals surface area contributed by atoms with Crippen molar-refractivity contribution < 1.29 is 5.11 Å². The van der Waals surface area contributed by atoms with Crippen LogP contribution >= 0.6 is 11.6 Å². The van der Waals surface area contributed by atoms with Crippen molar-refractivity contribution in [2.45, 2.75) is 12.5 Å². The Labute approximate surface area is 161 Å². The second-order valence-corrected chi connectivity index (χ2v) is 6.89. The Hall–Kier alpha value is -2.96. The molecule has 0 spiro atoms. The van der Waals surface area contributed by atoms with Crippen molar-refractivity contribution in [3.63, 3.8) is 0 Å².